The SMILES string of the molecule is CN(C)C(=O)Cn1cc(C(=O)Nc2cccc(CSCC(=O)O)c2)nn1. The van der Waals surface area contributed by atoms with Gasteiger partial charge >= 0.3 is 5.97 Å². The number of benzene rings is 1. The number of carboxylic acid groups (broad SMARTS) is 1. The molecule has 0 saturated heterocycles. The smallest absolute Gasteiger partial charge is 0.313 e. The molecule has 9 nitrogen and oxygen atoms in total. The van der Waals surface area contributed by atoms with Gasteiger partial charge in [-0.05, 0) is 17.7 Å². The fraction of sp³-hybridized carbons (Fsp3) is 0.312. The van der Waals surface area contributed by atoms with Gasteiger partial charge in [-0.3, -0.25) is 14.4 Å². The molecule has 10 heteroatoms. The van der Waals surface area contributed by atoms with E-state index in [0.29, 0.717) is 11.4 Å². The van der Waals surface area contributed by atoms with Gasteiger partial charge in [0.15, 0.2) is 5.69 Å². The number of hydrogen-bond acceptors (Lipinski definition) is 6. The third-order valence-corrected chi connectivity index (χ3v) is 4.23. The molecule has 0 atom stereocenters. The van der Waals surface area contributed by atoms with Crippen LogP contribution in [-0.4, -0.2) is 62.6 Å². The van der Waals surface area contributed by atoms with Crippen LogP contribution in [-0.2, 0) is 21.9 Å². The van der Waals surface area contributed by atoms with Crippen LogP contribution in [0.25, 0.3) is 0 Å². The van der Waals surface area contributed by atoms with Crippen LogP contribution in [0.1, 0.15) is 16.1 Å². The molecule has 2 rings (SSSR count). The lowest BCUT2D eigenvalue weighted by Gasteiger charge is -2.08. The number of hydrogen-bond donors (Lipinski definition) is 2. The van der Waals surface area contributed by atoms with Crippen LogP contribution in [0.4, 0.5) is 5.69 Å². The van der Waals surface area contributed by atoms with Gasteiger partial charge in [0.1, 0.15) is 6.54 Å². The summed E-state index contributed by atoms with van der Waals surface area (Å²) in [6.45, 7) is 0.00354. The highest BCUT2D eigenvalue weighted by atomic mass is 32.2. The van der Waals surface area contributed by atoms with Crippen LogP contribution in [0.2, 0.25) is 0 Å². The van der Waals surface area contributed by atoms with E-state index in [1.807, 2.05) is 6.07 Å². The Labute approximate surface area is 154 Å². The molecular weight excluding hydrogens is 358 g/mol. The van der Waals surface area contributed by atoms with E-state index in [-0.39, 0.29) is 23.9 Å². The summed E-state index contributed by atoms with van der Waals surface area (Å²) in [4.78, 5) is 35.9. The molecule has 0 aliphatic carbocycles. The van der Waals surface area contributed by atoms with Gasteiger partial charge in [0, 0.05) is 25.5 Å². The van der Waals surface area contributed by atoms with Crippen molar-refractivity contribution in [3.8, 4) is 0 Å². The number of aromatic nitrogens is 3. The van der Waals surface area contributed by atoms with E-state index >= 15 is 0 Å². The van der Waals surface area contributed by atoms with Gasteiger partial charge in [-0.1, -0.05) is 17.3 Å². The van der Waals surface area contributed by atoms with Crippen molar-refractivity contribution in [2.75, 3.05) is 25.2 Å². The molecule has 0 aliphatic rings. The summed E-state index contributed by atoms with van der Waals surface area (Å²) in [6.07, 6.45) is 1.41. The molecule has 0 fully saturated rings. The van der Waals surface area contributed by atoms with Crippen LogP contribution < -0.4 is 5.32 Å². The zero-order chi connectivity index (χ0) is 19.1. The van der Waals surface area contributed by atoms with Gasteiger partial charge in [-0.15, -0.1) is 16.9 Å². The largest absolute Gasteiger partial charge is 0.481 e. The highest BCUT2D eigenvalue weighted by Gasteiger charge is 2.13. The fourth-order valence-corrected chi connectivity index (χ4v) is 2.64. The third kappa shape index (κ3) is 5.88. The zero-order valence-electron chi connectivity index (χ0n) is 14.4. The topological polar surface area (TPSA) is 117 Å². The second-order valence-electron chi connectivity index (χ2n) is 5.63. The van der Waals surface area contributed by atoms with E-state index in [1.54, 1.807) is 32.3 Å². The van der Waals surface area contributed by atoms with Crippen LogP contribution in [0.3, 0.4) is 0 Å². The summed E-state index contributed by atoms with van der Waals surface area (Å²) in [5, 5.41) is 18.9. The molecule has 2 aromatic rings. The first-order valence-electron chi connectivity index (χ1n) is 7.65. The summed E-state index contributed by atoms with van der Waals surface area (Å²) in [6, 6.07) is 7.13. The standard InChI is InChI=1S/C16H19N5O4S/c1-20(2)14(22)8-21-7-13(18-19-21)16(25)17-12-5-3-4-11(6-12)9-26-10-15(23)24/h3-7H,8-10H2,1-2H3,(H,17,25)(H,23,24). The van der Waals surface area contributed by atoms with Crippen molar-refractivity contribution in [2.24, 2.45) is 0 Å². The van der Waals surface area contributed by atoms with E-state index in [0.717, 1.165) is 5.56 Å². The van der Waals surface area contributed by atoms with Crippen LogP contribution in [0.15, 0.2) is 30.5 Å². The number of anilines is 1. The predicted octanol–water partition coefficient (Wildman–Crippen LogP) is 0.936. The third-order valence-electron chi connectivity index (χ3n) is 3.25. The lowest BCUT2D eigenvalue weighted by molar-refractivity contribution is -0.134. The summed E-state index contributed by atoms with van der Waals surface area (Å²) < 4.78 is 1.30. The quantitative estimate of drug-likeness (QED) is 0.703. The molecule has 138 valence electrons. The maximum atomic E-state index is 12.3. The van der Waals surface area contributed by atoms with E-state index in [1.165, 1.54) is 27.5 Å². The van der Waals surface area contributed by atoms with Crippen LogP contribution in [0.5, 0.6) is 0 Å². The fourth-order valence-electron chi connectivity index (χ4n) is 1.95. The van der Waals surface area contributed by atoms with Crippen molar-refractivity contribution in [1.82, 2.24) is 19.9 Å². The first kappa shape index (κ1) is 19.4. The van der Waals surface area contributed by atoms with Crippen molar-refractivity contribution >= 4 is 35.2 Å². The Balaban J connectivity index is 1.96. The van der Waals surface area contributed by atoms with E-state index in [4.69, 9.17) is 5.11 Å². The average Bonchev–Trinajstić information content (AvgIpc) is 3.03. The van der Waals surface area contributed by atoms with Gasteiger partial charge in [-0.2, -0.15) is 0 Å². The molecule has 0 bridgehead atoms. The van der Waals surface area contributed by atoms with Crippen molar-refractivity contribution in [2.45, 2.75) is 12.3 Å². The Morgan fingerprint density at radius 3 is 2.77 bits per heavy atom. The molecule has 2 N–H and O–H groups in total. The normalized spacial score (nSPS) is 10.4. The van der Waals surface area contributed by atoms with Gasteiger partial charge in [0.05, 0.1) is 11.9 Å². The first-order valence-corrected chi connectivity index (χ1v) is 8.80. The monoisotopic (exact) mass is 377 g/mol. The molecule has 0 spiro atoms. The molecule has 0 radical (unpaired) electrons. The minimum Gasteiger partial charge on any atom is -0.481 e. The Kier molecular flexibility index (Phi) is 6.73. The minimum absolute atomic E-state index is 0.00354. The number of amides is 2. The minimum atomic E-state index is -0.865. The van der Waals surface area contributed by atoms with E-state index < -0.39 is 11.9 Å². The van der Waals surface area contributed by atoms with Crippen LogP contribution >= 0.6 is 11.8 Å². The number of carboxylic acids is 1. The number of aliphatic carboxylic acids is 1. The maximum absolute atomic E-state index is 12.3. The van der Waals surface area contributed by atoms with Crippen molar-refractivity contribution in [1.29, 1.82) is 0 Å². The molecule has 1 aromatic carbocycles. The van der Waals surface area contributed by atoms with Crippen LogP contribution in [0, 0.1) is 0 Å². The summed E-state index contributed by atoms with van der Waals surface area (Å²) in [7, 11) is 3.27. The van der Waals surface area contributed by atoms with Gasteiger partial charge in [0.25, 0.3) is 5.91 Å². The number of likely N-dealkylation sites (N-methyl/N-ethyl adjacent to an activating group) is 1. The van der Waals surface area contributed by atoms with Gasteiger partial charge in [0.2, 0.25) is 5.91 Å². The number of nitrogens with zero attached hydrogens (tertiary/aromatic N) is 4. The highest BCUT2D eigenvalue weighted by molar-refractivity contribution is 7.99. The van der Waals surface area contributed by atoms with E-state index in [9.17, 15) is 14.4 Å². The Morgan fingerprint density at radius 1 is 1.31 bits per heavy atom. The second kappa shape index (κ2) is 8.99. The summed E-state index contributed by atoms with van der Waals surface area (Å²) in [5.74, 6) is -0.919. The Hall–Kier alpha value is -2.88. The Morgan fingerprint density at radius 2 is 2.08 bits per heavy atom. The number of thioether (sulfide) groups is 1. The Bertz CT molecular complexity index is 805. The summed E-state index contributed by atoms with van der Waals surface area (Å²) >= 11 is 1.28. The maximum Gasteiger partial charge on any atom is 0.313 e. The summed E-state index contributed by atoms with van der Waals surface area (Å²) in [5.41, 5.74) is 1.57. The first-order chi connectivity index (χ1) is 12.3. The highest BCUT2D eigenvalue weighted by Crippen LogP contribution is 2.17. The molecule has 0 aliphatic heterocycles. The van der Waals surface area contributed by atoms with Crippen molar-refractivity contribution < 1.29 is 19.5 Å². The lowest BCUT2D eigenvalue weighted by atomic mass is 10.2. The molecular formula is C16H19N5O4S. The molecule has 1 aromatic heterocycles. The number of rotatable bonds is 8. The average molecular weight is 377 g/mol. The number of carbonyl (C=O) groups is 3. The van der Waals surface area contributed by atoms with Gasteiger partial charge < -0.3 is 15.3 Å². The van der Waals surface area contributed by atoms with Gasteiger partial charge in [-0.25, -0.2) is 4.68 Å². The molecule has 0 unspecified atom stereocenters. The molecule has 26 heavy (non-hydrogen) atoms. The predicted molar refractivity (Wildman–Crippen MR) is 96.9 cm³/mol. The van der Waals surface area contributed by atoms with E-state index in [2.05, 4.69) is 15.6 Å². The number of carbonyl (C=O) groups excluding carboxylic acids is 2. The lowest BCUT2D eigenvalue weighted by Crippen LogP contribution is -2.26. The molecule has 1 heterocycles. The number of nitrogens with one attached hydrogen (secondary N) is 1. The van der Waals surface area contributed by atoms with Crippen molar-refractivity contribution in [3.05, 3.63) is 41.7 Å². The molecule has 2 amide bonds. The molecule has 0 saturated carbocycles. The zero-order valence-corrected chi connectivity index (χ0v) is 15.2. The second-order valence-corrected chi connectivity index (χ2v) is 6.62. The van der Waals surface area contributed by atoms with Crippen molar-refractivity contribution in [3.63, 3.8) is 0 Å².